The molecule has 0 atom stereocenters. The van der Waals surface area contributed by atoms with Gasteiger partial charge in [-0.3, -0.25) is 14.3 Å². The van der Waals surface area contributed by atoms with E-state index in [9.17, 15) is 9.59 Å². The summed E-state index contributed by atoms with van der Waals surface area (Å²) in [6, 6.07) is 0. The van der Waals surface area contributed by atoms with Crippen LogP contribution in [0.1, 0.15) is 35.3 Å². The molecule has 6 heteroatoms. The van der Waals surface area contributed by atoms with Gasteiger partial charge in [0.1, 0.15) is 0 Å². The van der Waals surface area contributed by atoms with E-state index in [0.717, 1.165) is 31.5 Å². The van der Waals surface area contributed by atoms with Gasteiger partial charge in [0.2, 0.25) is 0 Å². The van der Waals surface area contributed by atoms with Crippen molar-refractivity contribution < 1.29 is 14.7 Å². The molecule has 0 aromatic carbocycles. The van der Waals surface area contributed by atoms with Crippen LogP contribution in [-0.4, -0.2) is 45.3 Å². The van der Waals surface area contributed by atoms with E-state index in [0.29, 0.717) is 5.56 Å². The fraction of sp³-hybridized carbons (Fsp3) is 0.583. The monoisotopic (exact) mass is 251 g/mol. The Hall–Kier alpha value is -1.85. The zero-order valence-corrected chi connectivity index (χ0v) is 10.4. The van der Waals surface area contributed by atoms with Crippen LogP contribution in [-0.2, 0) is 17.8 Å². The summed E-state index contributed by atoms with van der Waals surface area (Å²) in [5, 5.41) is 12.8. The Bertz CT molecular complexity index is 467. The standard InChI is InChI=1S/C12H17N3O3/c1-14(7-5-11(16)17)12(18)9-8-13-15-6-3-2-4-10(9)15/h8H,2-7H2,1H3,(H,16,17). The number of carboxylic acids is 1. The molecule has 6 nitrogen and oxygen atoms in total. The smallest absolute Gasteiger partial charge is 0.305 e. The van der Waals surface area contributed by atoms with Gasteiger partial charge in [0.25, 0.3) is 5.91 Å². The average molecular weight is 251 g/mol. The Morgan fingerprint density at radius 3 is 3.00 bits per heavy atom. The number of nitrogens with zero attached hydrogens (tertiary/aromatic N) is 3. The number of fused-ring (bicyclic) bond motifs is 1. The third-order valence-electron chi connectivity index (χ3n) is 3.22. The van der Waals surface area contributed by atoms with Gasteiger partial charge in [0, 0.05) is 20.1 Å². The minimum Gasteiger partial charge on any atom is -0.481 e. The predicted octanol–water partition coefficient (Wildman–Crippen LogP) is 0.766. The molecule has 2 rings (SSSR count). The summed E-state index contributed by atoms with van der Waals surface area (Å²) in [4.78, 5) is 24.1. The first-order valence-electron chi connectivity index (χ1n) is 6.11. The van der Waals surface area contributed by atoms with Crippen molar-refractivity contribution >= 4 is 11.9 Å². The quantitative estimate of drug-likeness (QED) is 0.857. The van der Waals surface area contributed by atoms with Crippen LogP contribution in [0.15, 0.2) is 6.20 Å². The van der Waals surface area contributed by atoms with E-state index >= 15 is 0 Å². The average Bonchev–Trinajstić information content (AvgIpc) is 2.78. The lowest BCUT2D eigenvalue weighted by atomic mass is 10.1. The van der Waals surface area contributed by atoms with Gasteiger partial charge in [-0.05, 0) is 19.3 Å². The van der Waals surface area contributed by atoms with Gasteiger partial charge < -0.3 is 10.0 Å². The lowest BCUT2D eigenvalue weighted by Gasteiger charge is -2.18. The van der Waals surface area contributed by atoms with Gasteiger partial charge >= 0.3 is 5.97 Å². The highest BCUT2D eigenvalue weighted by Crippen LogP contribution is 2.19. The molecule has 0 aliphatic carbocycles. The fourth-order valence-corrected chi connectivity index (χ4v) is 2.17. The normalized spacial score (nSPS) is 14.1. The summed E-state index contributed by atoms with van der Waals surface area (Å²) < 4.78 is 1.88. The van der Waals surface area contributed by atoms with E-state index in [-0.39, 0.29) is 18.9 Å². The summed E-state index contributed by atoms with van der Waals surface area (Å²) in [5.41, 5.74) is 1.59. The summed E-state index contributed by atoms with van der Waals surface area (Å²) >= 11 is 0. The maximum absolute atomic E-state index is 12.2. The highest BCUT2D eigenvalue weighted by Gasteiger charge is 2.22. The van der Waals surface area contributed by atoms with Crippen LogP contribution in [0, 0.1) is 0 Å². The Morgan fingerprint density at radius 2 is 2.28 bits per heavy atom. The Labute approximate surface area is 105 Å². The number of hydrogen-bond acceptors (Lipinski definition) is 3. The van der Waals surface area contributed by atoms with Gasteiger partial charge in [-0.2, -0.15) is 5.10 Å². The molecule has 1 aromatic heterocycles. The van der Waals surface area contributed by atoms with Crippen LogP contribution in [0.3, 0.4) is 0 Å². The largest absolute Gasteiger partial charge is 0.481 e. The number of carboxylic acid groups (broad SMARTS) is 1. The molecule has 0 unspecified atom stereocenters. The molecule has 2 heterocycles. The van der Waals surface area contributed by atoms with Crippen LogP contribution < -0.4 is 0 Å². The highest BCUT2D eigenvalue weighted by molar-refractivity contribution is 5.95. The molecule has 18 heavy (non-hydrogen) atoms. The van der Waals surface area contributed by atoms with E-state index in [1.54, 1.807) is 13.2 Å². The number of amides is 1. The molecule has 98 valence electrons. The first kappa shape index (κ1) is 12.6. The molecule has 0 radical (unpaired) electrons. The van der Waals surface area contributed by atoms with Gasteiger partial charge in [-0.25, -0.2) is 0 Å². The SMILES string of the molecule is CN(CCC(=O)O)C(=O)c1cnn2c1CCCC2. The minimum atomic E-state index is -0.897. The number of carbonyl (C=O) groups is 2. The Balaban J connectivity index is 2.08. The van der Waals surface area contributed by atoms with Gasteiger partial charge in [-0.1, -0.05) is 0 Å². The third-order valence-corrected chi connectivity index (χ3v) is 3.22. The number of hydrogen-bond donors (Lipinski definition) is 1. The molecule has 1 aliphatic rings. The second-order valence-electron chi connectivity index (χ2n) is 4.56. The van der Waals surface area contributed by atoms with E-state index in [2.05, 4.69) is 5.10 Å². The first-order valence-corrected chi connectivity index (χ1v) is 6.11. The van der Waals surface area contributed by atoms with E-state index in [4.69, 9.17) is 5.11 Å². The zero-order chi connectivity index (χ0) is 13.1. The van der Waals surface area contributed by atoms with Crippen LogP contribution in [0.5, 0.6) is 0 Å². The van der Waals surface area contributed by atoms with Crippen LogP contribution in [0.4, 0.5) is 0 Å². The third kappa shape index (κ3) is 2.52. The second kappa shape index (κ2) is 5.20. The summed E-state index contributed by atoms with van der Waals surface area (Å²) in [7, 11) is 1.62. The molecule has 1 amide bonds. The minimum absolute atomic E-state index is 0.0360. The number of aryl methyl sites for hydroxylation is 1. The number of carbonyl (C=O) groups excluding carboxylic acids is 1. The van der Waals surface area contributed by atoms with Crippen molar-refractivity contribution in [3.63, 3.8) is 0 Å². The van der Waals surface area contributed by atoms with Gasteiger partial charge in [0.05, 0.1) is 23.9 Å². The van der Waals surface area contributed by atoms with Crippen LogP contribution in [0.2, 0.25) is 0 Å². The molecule has 1 aromatic rings. The summed E-state index contributed by atoms with van der Waals surface area (Å²) in [6.45, 7) is 1.08. The predicted molar refractivity (Wildman–Crippen MR) is 64.4 cm³/mol. The number of rotatable bonds is 4. The zero-order valence-electron chi connectivity index (χ0n) is 10.4. The van der Waals surface area contributed by atoms with Crippen molar-refractivity contribution in [2.45, 2.75) is 32.2 Å². The molecule has 1 aliphatic heterocycles. The van der Waals surface area contributed by atoms with Crippen molar-refractivity contribution in [1.29, 1.82) is 0 Å². The molecular weight excluding hydrogens is 234 g/mol. The Morgan fingerprint density at radius 1 is 1.50 bits per heavy atom. The van der Waals surface area contributed by atoms with E-state index < -0.39 is 5.97 Å². The number of aliphatic carboxylic acids is 1. The van der Waals surface area contributed by atoms with Crippen molar-refractivity contribution in [2.75, 3.05) is 13.6 Å². The lowest BCUT2D eigenvalue weighted by molar-refractivity contribution is -0.137. The van der Waals surface area contributed by atoms with Crippen LogP contribution >= 0.6 is 0 Å². The summed E-state index contributed by atoms with van der Waals surface area (Å²) in [6.07, 6.45) is 4.60. The van der Waals surface area contributed by atoms with Crippen molar-refractivity contribution in [3.8, 4) is 0 Å². The molecule has 0 spiro atoms. The lowest BCUT2D eigenvalue weighted by Crippen LogP contribution is -2.30. The maximum Gasteiger partial charge on any atom is 0.305 e. The summed E-state index contributed by atoms with van der Waals surface area (Å²) in [5.74, 6) is -1.04. The topological polar surface area (TPSA) is 75.4 Å². The highest BCUT2D eigenvalue weighted by atomic mass is 16.4. The van der Waals surface area contributed by atoms with Crippen molar-refractivity contribution in [1.82, 2.24) is 14.7 Å². The second-order valence-corrected chi connectivity index (χ2v) is 4.56. The Kier molecular flexibility index (Phi) is 3.64. The maximum atomic E-state index is 12.2. The van der Waals surface area contributed by atoms with Gasteiger partial charge in [-0.15, -0.1) is 0 Å². The van der Waals surface area contributed by atoms with Gasteiger partial charge in [0.15, 0.2) is 0 Å². The molecule has 0 saturated carbocycles. The molecular formula is C12H17N3O3. The molecule has 0 saturated heterocycles. The first-order chi connectivity index (χ1) is 8.59. The fourth-order valence-electron chi connectivity index (χ4n) is 2.17. The van der Waals surface area contributed by atoms with Crippen molar-refractivity contribution in [3.05, 3.63) is 17.5 Å². The van der Waals surface area contributed by atoms with Crippen LogP contribution in [0.25, 0.3) is 0 Å². The molecule has 1 N–H and O–H groups in total. The van der Waals surface area contributed by atoms with E-state index in [1.807, 2.05) is 4.68 Å². The number of aromatic nitrogens is 2. The molecule has 0 fully saturated rings. The van der Waals surface area contributed by atoms with E-state index in [1.165, 1.54) is 4.90 Å². The van der Waals surface area contributed by atoms with Crippen molar-refractivity contribution in [2.24, 2.45) is 0 Å². The molecule has 0 bridgehead atoms.